The average molecular weight is 664 g/mol. The van der Waals surface area contributed by atoms with Gasteiger partial charge in [0.05, 0.1) is 17.5 Å². The van der Waals surface area contributed by atoms with Gasteiger partial charge in [-0.1, -0.05) is 59.6 Å². The quantitative estimate of drug-likeness (QED) is 0.308. The summed E-state index contributed by atoms with van der Waals surface area (Å²) < 4.78 is 8.01. The molecule has 0 saturated heterocycles. The Morgan fingerprint density at radius 2 is 1.41 bits per heavy atom. The van der Waals surface area contributed by atoms with E-state index in [1.807, 2.05) is 18.2 Å². The van der Waals surface area contributed by atoms with Crippen molar-refractivity contribution in [2.45, 2.75) is 85.2 Å². The molecule has 1 spiro atoms. The van der Waals surface area contributed by atoms with Crippen LogP contribution in [0, 0.1) is 23.7 Å². The van der Waals surface area contributed by atoms with Crippen molar-refractivity contribution in [3.8, 4) is 11.5 Å². The number of rotatable bonds is 1. The van der Waals surface area contributed by atoms with Gasteiger partial charge in [-0.05, 0) is 92.7 Å². The third-order valence-corrected chi connectivity index (χ3v) is 8.58. The molecule has 0 bridgehead atoms. The highest BCUT2D eigenvalue weighted by Crippen LogP contribution is 2.45. The van der Waals surface area contributed by atoms with Gasteiger partial charge in [0.15, 0.2) is 11.6 Å². The number of Topliss-reactive ketones (excluding diaryl/α,β-unsaturated/α-hetero) is 3. The number of ether oxygens (including phenoxy) is 1. The zero-order valence-electron chi connectivity index (χ0n) is 23.6. The number of carbonyl (C=O) groups is 3. The number of phenolic OH excluding ortho intramolecular Hbond substituents is 1. The van der Waals surface area contributed by atoms with E-state index < -0.39 is 0 Å². The predicted molar refractivity (Wildman–Crippen MR) is 162 cm³/mol. The Morgan fingerprint density at radius 1 is 0.872 bits per heavy atom. The molecule has 5 rings (SSSR count). The number of ketones is 3. The highest BCUT2D eigenvalue weighted by atomic mass is 79.9. The molecule has 0 radical (unpaired) electrons. The zero-order chi connectivity index (χ0) is 28.9. The molecule has 0 aromatic heterocycles. The van der Waals surface area contributed by atoms with Crippen LogP contribution in [0.1, 0.15) is 100 Å². The summed E-state index contributed by atoms with van der Waals surface area (Å²) in [7, 11) is 0. The molecular weight excluding hydrogens is 624 g/mol. The second kappa shape index (κ2) is 13.6. The summed E-state index contributed by atoms with van der Waals surface area (Å²) in [5, 5.41) is 9.16. The number of phenols is 1. The van der Waals surface area contributed by atoms with Gasteiger partial charge in [0.2, 0.25) is 0 Å². The number of aromatic hydroxyl groups is 1. The molecule has 4 atom stereocenters. The third-order valence-electron chi connectivity index (χ3n) is 7.59. The monoisotopic (exact) mass is 662 g/mol. The minimum atomic E-state index is -0.255. The Hall–Kier alpha value is -1.99. The van der Waals surface area contributed by atoms with Gasteiger partial charge in [-0.15, -0.1) is 0 Å². The summed E-state index contributed by atoms with van der Waals surface area (Å²) in [4.78, 5) is 34.1. The molecule has 4 unspecified atom stereocenters. The summed E-state index contributed by atoms with van der Waals surface area (Å²) in [5.74, 6) is 3.89. The smallest absolute Gasteiger partial charge is 0.170 e. The minimum Gasteiger partial charge on any atom is -0.507 e. The number of hydrogen-bond acceptors (Lipinski definition) is 5. The van der Waals surface area contributed by atoms with Crippen LogP contribution in [-0.2, 0) is 4.79 Å². The lowest BCUT2D eigenvalue weighted by molar-refractivity contribution is -0.122. The van der Waals surface area contributed by atoms with Crippen LogP contribution < -0.4 is 4.74 Å². The molecule has 2 aromatic rings. The van der Waals surface area contributed by atoms with Crippen LogP contribution >= 0.6 is 31.9 Å². The van der Waals surface area contributed by atoms with Gasteiger partial charge in [0.1, 0.15) is 22.9 Å². The Labute approximate surface area is 249 Å². The van der Waals surface area contributed by atoms with Crippen LogP contribution in [0.5, 0.6) is 11.5 Å². The van der Waals surface area contributed by atoms with E-state index in [1.54, 1.807) is 12.1 Å². The maximum atomic E-state index is 12.4. The second-order valence-corrected chi connectivity index (χ2v) is 13.8. The van der Waals surface area contributed by atoms with Crippen LogP contribution in [-0.4, -0.2) is 28.1 Å². The van der Waals surface area contributed by atoms with E-state index in [1.165, 1.54) is 25.8 Å². The van der Waals surface area contributed by atoms with Gasteiger partial charge in [0.25, 0.3) is 0 Å². The van der Waals surface area contributed by atoms with E-state index in [-0.39, 0.29) is 22.9 Å². The normalized spacial score (nSPS) is 27.8. The largest absolute Gasteiger partial charge is 0.507 e. The molecular formula is C32H40Br2O5. The van der Waals surface area contributed by atoms with Crippen molar-refractivity contribution < 1.29 is 24.2 Å². The fourth-order valence-electron chi connectivity index (χ4n) is 6.41. The maximum absolute atomic E-state index is 12.4. The lowest BCUT2D eigenvalue weighted by Gasteiger charge is -2.45. The molecule has 39 heavy (non-hydrogen) atoms. The van der Waals surface area contributed by atoms with Crippen LogP contribution in [0.25, 0.3) is 0 Å². The third kappa shape index (κ3) is 9.01. The Morgan fingerprint density at radius 3 is 1.95 bits per heavy atom. The van der Waals surface area contributed by atoms with E-state index >= 15 is 0 Å². The Bertz CT molecular complexity index is 1190. The minimum absolute atomic E-state index is 0.0284. The van der Waals surface area contributed by atoms with Crippen LogP contribution in [0.15, 0.2) is 45.3 Å². The Balaban J connectivity index is 0.000000179. The molecule has 7 heteroatoms. The van der Waals surface area contributed by atoms with Crippen molar-refractivity contribution in [3.05, 3.63) is 56.5 Å². The number of halogens is 2. The molecule has 2 aliphatic carbocycles. The van der Waals surface area contributed by atoms with E-state index in [2.05, 4.69) is 59.6 Å². The molecule has 5 nitrogen and oxygen atoms in total. The van der Waals surface area contributed by atoms with Crippen molar-refractivity contribution in [1.82, 2.24) is 0 Å². The van der Waals surface area contributed by atoms with Crippen LogP contribution in [0.3, 0.4) is 0 Å². The van der Waals surface area contributed by atoms with Crippen molar-refractivity contribution in [2.75, 3.05) is 0 Å². The Kier molecular flexibility index (Phi) is 11.0. The molecule has 2 fully saturated rings. The van der Waals surface area contributed by atoms with Crippen LogP contribution in [0.4, 0.5) is 0 Å². The van der Waals surface area contributed by atoms with Gasteiger partial charge in [-0.2, -0.15) is 0 Å². The number of benzene rings is 2. The number of hydrogen-bond donors (Lipinski definition) is 1. The molecule has 2 aromatic carbocycles. The summed E-state index contributed by atoms with van der Waals surface area (Å²) >= 11 is 6.62. The van der Waals surface area contributed by atoms with E-state index in [0.29, 0.717) is 41.4 Å². The molecule has 212 valence electrons. The first-order valence-electron chi connectivity index (χ1n) is 13.8. The maximum Gasteiger partial charge on any atom is 0.170 e. The summed E-state index contributed by atoms with van der Waals surface area (Å²) in [6.07, 6.45) is 6.66. The van der Waals surface area contributed by atoms with E-state index in [4.69, 9.17) is 9.84 Å². The van der Waals surface area contributed by atoms with Gasteiger partial charge >= 0.3 is 0 Å². The average Bonchev–Trinajstić information content (AvgIpc) is 2.80. The second-order valence-electron chi connectivity index (χ2n) is 12.0. The van der Waals surface area contributed by atoms with Gasteiger partial charge in [-0.3, -0.25) is 14.4 Å². The highest BCUT2D eigenvalue weighted by Gasteiger charge is 2.45. The molecule has 2 saturated carbocycles. The fourth-order valence-corrected chi connectivity index (χ4v) is 7.13. The summed E-state index contributed by atoms with van der Waals surface area (Å²) in [6, 6.07) is 10.5. The molecule has 3 aliphatic rings. The van der Waals surface area contributed by atoms with Crippen molar-refractivity contribution >= 4 is 49.2 Å². The zero-order valence-corrected chi connectivity index (χ0v) is 26.7. The molecule has 1 heterocycles. The molecule has 0 amide bonds. The first-order valence-corrected chi connectivity index (χ1v) is 15.4. The number of fused-ring (bicyclic) bond motifs is 1. The molecule has 1 N–H and O–H groups in total. The van der Waals surface area contributed by atoms with Gasteiger partial charge in [0, 0.05) is 21.8 Å². The first kappa shape index (κ1) is 31.5. The fraction of sp³-hybridized carbons (Fsp3) is 0.531. The summed E-state index contributed by atoms with van der Waals surface area (Å²) in [5.41, 5.74) is 0.819. The number of carbonyl (C=O) groups excluding carboxylic acids is 3. The highest BCUT2D eigenvalue weighted by molar-refractivity contribution is 9.10. The first-order chi connectivity index (χ1) is 18.3. The lowest BCUT2D eigenvalue weighted by atomic mass is 9.70. The predicted octanol–water partition coefficient (Wildman–Crippen LogP) is 8.98. The van der Waals surface area contributed by atoms with Crippen LogP contribution in [0.2, 0.25) is 0 Å². The van der Waals surface area contributed by atoms with Gasteiger partial charge < -0.3 is 9.84 Å². The summed E-state index contributed by atoms with van der Waals surface area (Å²) in [6.45, 7) is 10.3. The van der Waals surface area contributed by atoms with Crippen molar-refractivity contribution in [3.63, 3.8) is 0 Å². The standard InChI is InChI=1S/C16H19BrO2.C8H7BrO2.C8H14O/c1-10-5-11(2)8-16(7-10)9-14(18)13-6-12(17)3-4-15(13)19-16;1-5(10)7-4-6(9)2-3-8(7)11;1-6-3-7(2)5-8(9)4-6/h3-4,6,10-11H,5,7-9H2,1-2H3;2-4,11H,1H3;6-7H,3-5H2,1-2H3. The van der Waals surface area contributed by atoms with Crippen molar-refractivity contribution in [1.29, 1.82) is 0 Å². The van der Waals surface area contributed by atoms with E-state index in [9.17, 15) is 14.4 Å². The SMILES string of the molecule is CC(=O)c1cc(Br)ccc1O.CC1CC(=O)CC(C)C1.CC1CC(C)CC2(CC(=O)c3cc(Br)ccc3O2)C1. The topological polar surface area (TPSA) is 80.7 Å². The lowest BCUT2D eigenvalue weighted by Crippen LogP contribution is -2.47. The molecule has 1 aliphatic heterocycles. The van der Waals surface area contributed by atoms with E-state index in [0.717, 1.165) is 45.9 Å². The van der Waals surface area contributed by atoms with Crippen molar-refractivity contribution in [2.24, 2.45) is 23.7 Å². The van der Waals surface area contributed by atoms with Gasteiger partial charge in [-0.25, -0.2) is 0 Å².